The molecule has 17 heavy (non-hydrogen) atoms. The molecule has 1 aliphatic rings. The minimum Gasteiger partial charge on any atom is -0.306 e. The normalized spacial score (nSPS) is 25.8. The van der Waals surface area contributed by atoms with E-state index in [1.807, 2.05) is 6.20 Å². The van der Waals surface area contributed by atoms with Crippen LogP contribution in [0.25, 0.3) is 0 Å². The molecule has 0 amide bonds. The number of hydrogen-bond acceptors (Lipinski definition) is 2. The van der Waals surface area contributed by atoms with Crippen molar-refractivity contribution in [3.63, 3.8) is 0 Å². The van der Waals surface area contributed by atoms with E-state index in [0.29, 0.717) is 0 Å². The van der Waals surface area contributed by atoms with Gasteiger partial charge in [-0.15, -0.1) is 0 Å². The Balaban J connectivity index is 2.28. The summed E-state index contributed by atoms with van der Waals surface area (Å²) in [6, 6.07) is 2.21. The molecule has 1 atom stereocenters. The van der Waals surface area contributed by atoms with Gasteiger partial charge in [-0.3, -0.25) is 4.68 Å². The minimum atomic E-state index is 0.169. The molecule has 1 saturated heterocycles. The molecule has 2 heterocycles. The first-order chi connectivity index (χ1) is 8.32. The maximum Gasteiger partial charge on any atom is 0.0602 e. The lowest BCUT2D eigenvalue weighted by molar-refractivity contribution is 0.286. The lowest BCUT2D eigenvalue weighted by atomic mass is 9.87. The molecule has 3 heteroatoms. The highest BCUT2D eigenvalue weighted by Gasteiger charge is 2.33. The summed E-state index contributed by atoms with van der Waals surface area (Å²) in [4.78, 5) is 0. The van der Waals surface area contributed by atoms with Crippen molar-refractivity contribution in [2.75, 3.05) is 6.54 Å². The van der Waals surface area contributed by atoms with Crippen molar-refractivity contribution in [2.45, 2.75) is 64.5 Å². The van der Waals surface area contributed by atoms with Crippen LogP contribution in [-0.4, -0.2) is 16.3 Å². The van der Waals surface area contributed by atoms with Crippen LogP contribution in [0.5, 0.6) is 0 Å². The topological polar surface area (TPSA) is 29.9 Å². The van der Waals surface area contributed by atoms with E-state index in [2.05, 4.69) is 35.0 Å². The predicted molar refractivity (Wildman–Crippen MR) is 71.0 cm³/mol. The Kier molecular flexibility index (Phi) is 4.21. The van der Waals surface area contributed by atoms with Crippen molar-refractivity contribution in [3.8, 4) is 0 Å². The lowest BCUT2D eigenvalue weighted by Crippen LogP contribution is -2.43. The standard InChI is InChI=1S/C14H25N3/c1-3-12-17-13(8-11-16-17)14(4-2)9-6-5-7-10-15-14/h8,11,15H,3-7,9-10,12H2,1-2H3. The van der Waals surface area contributed by atoms with Crippen LogP contribution < -0.4 is 5.32 Å². The van der Waals surface area contributed by atoms with Gasteiger partial charge in [-0.2, -0.15) is 5.10 Å². The maximum atomic E-state index is 4.48. The van der Waals surface area contributed by atoms with E-state index in [0.717, 1.165) is 25.9 Å². The fourth-order valence-electron chi connectivity index (χ4n) is 2.98. The number of rotatable bonds is 4. The van der Waals surface area contributed by atoms with Gasteiger partial charge in [0.25, 0.3) is 0 Å². The van der Waals surface area contributed by atoms with Crippen molar-refractivity contribution in [2.24, 2.45) is 0 Å². The van der Waals surface area contributed by atoms with E-state index in [4.69, 9.17) is 0 Å². The van der Waals surface area contributed by atoms with E-state index in [9.17, 15) is 0 Å². The second kappa shape index (κ2) is 5.67. The Morgan fingerprint density at radius 3 is 3.00 bits per heavy atom. The van der Waals surface area contributed by atoms with E-state index in [1.165, 1.54) is 31.4 Å². The molecule has 1 unspecified atom stereocenters. The molecule has 0 spiro atoms. The number of hydrogen-bond donors (Lipinski definition) is 1. The predicted octanol–water partition coefficient (Wildman–Crippen LogP) is 3.06. The quantitative estimate of drug-likeness (QED) is 0.869. The second-order valence-corrected chi connectivity index (χ2v) is 5.11. The first-order valence-corrected chi connectivity index (χ1v) is 7.09. The van der Waals surface area contributed by atoms with Crippen LogP contribution in [-0.2, 0) is 12.1 Å². The molecule has 1 N–H and O–H groups in total. The Morgan fingerprint density at radius 2 is 2.24 bits per heavy atom. The fourth-order valence-corrected chi connectivity index (χ4v) is 2.98. The van der Waals surface area contributed by atoms with Gasteiger partial charge in [-0.1, -0.05) is 26.7 Å². The summed E-state index contributed by atoms with van der Waals surface area (Å²) in [6.07, 6.45) is 9.50. The smallest absolute Gasteiger partial charge is 0.0602 e. The molecule has 1 aromatic rings. The summed E-state index contributed by atoms with van der Waals surface area (Å²) >= 11 is 0. The monoisotopic (exact) mass is 235 g/mol. The summed E-state index contributed by atoms with van der Waals surface area (Å²) in [5, 5.41) is 8.27. The van der Waals surface area contributed by atoms with Gasteiger partial charge in [0.05, 0.1) is 11.2 Å². The first kappa shape index (κ1) is 12.6. The minimum absolute atomic E-state index is 0.169. The lowest BCUT2D eigenvalue weighted by Gasteiger charge is -2.33. The highest BCUT2D eigenvalue weighted by Crippen LogP contribution is 2.32. The van der Waals surface area contributed by atoms with Gasteiger partial charge in [-0.05, 0) is 38.3 Å². The van der Waals surface area contributed by atoms with Crippen molar-refractivity contribution >= 4 is 0 Å². The van der Waals surface area contributed by atoms with Crippen LogP contribution in [0.2, 0.25) is 0 Å². The molecule has 0 saturated carbocycles. The third kappa shape index (κ3) is 2.54. The first-order valence-electron chi connectivity index (χ1n) is 7.09. The zero-order chi connectivity index (χ0) is 12.1. The van der Waals surface area contributed by atoms with E-state index < -0.39 is 0 Å². The van der Waals surface area contributed by atoms with Crippen molar-refractivity contribution in [1.82, 2.24) is 15.1 Å². The summed E-state index contributed by atoms with van der Waals surface area (Å²) in [5.74, 6) is 0. The average molecular weight is 235 g/mol. The Bertz CT molecular complexity index is 335. The molecule has 0 aliphatic carbocycles. The van der Waals surface area contributed by atoms with Gasteiger partial charge in [-0.25, -0.2) is 0 Å². The molecule has 1 aliphatic heterocycles. The van der Waals surface area contributed by atoms with Crippen molar-refractivity contribution in [3.05, 3.63) is 18.0 Å². The number of nitrogens with zero attached hydrogens (tertiary/aromatic N) is 2. The van der Waals surface area contributed by atoms with Gasteiger partial charge in [0.15, 0.2) is 0 Å². The zero-order valence-electron chi connectivity index (χ0n) is 11.2. The molecule has 3 nitrogen and oxygen atoms in total. The molecule has 2 rings (SSSR count). The Morgan fingerprint density at radius 1 is 1.35 bits per heavy atom. The van der Waals surface area contributed by atoms with Gasteiger partial charge in [0.2, 0.25) is 0 Å². The zero-order valence-corrected chi connectivity index (χ0v) is 11.2. The van der Waals surface area contributed by atoms with Crippen LogP contribution in [0, 0.1) is 0 Å². The van der Waals surface area contributed by atoms with Crippen LogP contribution in [0.4, 0.5) is 0 Å². The van der Waals surface area contributed by atoms with E-state index in [1.54, 1.807) is 0 Å². The molecule has 1 fully saturated rings. The number of nitrogens with one attached hydrogen (secondary N) is 1. The summed E-state index contributed by atoms with van der Waals surface area (Å²) in [7, 11) is 0. The van der Waals surface area contributed by atoms with E-state index in [-0.39, 0.29) is 5.54 Å². The van der Waals surface area contributed by atoms with Crippen molar-refractivity contribution < 1.29 is 0 Å². The summed E-state index contributed by atoms with van der Waals surface area (Å²) in [6.45, 7) is 6.68. The fraction of sp³-hybridized carbons (Fsp3) is 0.786. The molecular formula is C14H25N3. The third-order valence-corrected chi connectivity index (χ3v) is 3.99. The van der Waals surface area contributed by atoms with E-state index >= 15 is 0 Å². The number of aromatic nitrogens is 2. The van der Waals surface area contributed by atoms with Gasteiger partial charge in [0, 0.05) is 12.7 Å². The average Bonchev–Trinajstić information content (AvgIpc) is 2.68. The summed E-state index contributed by atoms with van der Waals surface area (Å²) in [5.41, 5.74) is 1.56. The molecule has 0 aromatic carbocycles. The highest BCUT2D eigenvalue weighted by atomic mass is 15.3. The molecule has 0 bridgehead atoms. The highest BCUT2D eigenvalue weighted by molar-refractivity contribution is 5.15. The molecule has 1 aromatic heterocycles. The van der Waals surface area contributed by atoms with Crippen LogP contribution >= 0.6 is 0 Å². The molecule has 0 radical (unpaired) electrons. The van der Waals surface area contributed by atoms with Crippen LogP contribution in [0.15, 0.2) is 12.3 Å². The maximum absolute atomic E-state index is 4.48. The SMILES string of the molecule is CCCn1nccc1C1(CC)CCCCCN1. The van der Waals surface area contributed by atoms with Gasteiger partial charge >= 0.3 is 0 Å². The molecular weight excluding hydrogens is 210 g/mol. The largest absolute Gasteiger partial charge is 0.306 e. The third-order valence-electron chi connectivity index (χ3n) is 3.99. The van der Waals surface area contributed by atoms with Gasteiger partial charge in [0.1, 0.15) is 0 Å². The second-order valence-electron chi connectivity index (χ2n) is 5.11. The Hall–Kier alpha value is -0.830. The van der Waals surface area contributed by atoms with Crippen LogP contribution in [0.3, 0.4) is 0 Å². The van der Waals surface area contributed by atoms with Gasteiger partial charge < -0.3 is 5.32 Å². The number of aryl methyl sites for hydroxylation is 1. The molecule has 96 valence electrons. The van der Waals surface area contributed by atoms with Crippen molar-refractivity contribution in [1.29, 1.82) is 0 Å². The summed E-state index contributed by atoms with van der Waals surface area (Å²) < 4.78 is 2.20. The Labute approximate surface area is 105 Å². The van der Waals surface area contributed by atoms with Crippen LogP contribution in [0.1, 0.15) is 58.1 Å².